The normalized spacial score (nSPS) is 9.09. The highest BCUT2D eigenvalue weighted by molar-refractivity contribution is 7.17. The molecule has 0 fully saturated rings. The Morgan fingerprint density at radius 2 is 2.55 bits per heavy atom. The van der Waals surface area contributed by atoms with Crippen LogP contribution in [-0.4, -0.2) is 22.5 Å². The van der Waals surface area contributed by atoms with Crippen molar-refractivity contribution in [1.82, 2.24) is 4.98 Å². The van der Waals surface area contributed by atoms with Gasteiger partial charge in [0.15, 0.2) is 5.13 Å². The Morgan fingerprint density at radius 1 is 1.82 bits per heavy atom. The number of aromatic carboxylic acids is 1. The first kappa shape index (κ1) is 7.67. The lowest BCUT2D eigenvalue weighted by Gasteiger charge is -1.84. The lowest BCUT2D eigenvalue weighted by molar-refractivity contribution is -0.105. The van der Waals surface area contributed by atoms with E-state index in [4.69, 9.17) is 5.11 Å². The molecule has 0 unspecified atom stereocenters. The second-order valence-corrected chi connectivity index (χ2v) is 2.63. The first-order valence-corrected chi connectivity index (χ1v) is 3.45. The van der Waals surface area contributed by atoms with Gasteiger partial charge in [0.1, 0.15) is 4.88 Å². The summed E-state index contributed by atoms with van der Waals surface area (Å²) >= 11 is 0.913. The molecule has 0 aromatic carbocycles. The molecular weight excluding hydrogens is 168 g/mol. The maximum atomic E-state index is 10.3. The number of thiazole rings is 1. The zero-order valence-corrected chi connectivity index (χ0v) is 6.09. The van der Waals surface area contributed by atoms with E-state index in [1.807, 2.05) is 0 Å². The van der Waals surface area contributed by atoms with Crippen LogP contribution in [0.4, 0.5) is 5.13 Å². The van der Waals surface area contributed by atoms with Gasteiger partial charge in [-0.3, -0.25) is 4.79 Å². The molecule has 1 aromatic heterocycles. The second kappa shape index (κ2) is 3.11. The van der Waals surface area contributed by atoms with E-state index in [9.17, 15) is 9.59 Å². The average Bonchev–Trinajstić information content (AvgIpc) is 2.37. The summed E-state index contributed by atoms with van der Waals surface area (Å²) in [5.74, 6) is -1.04. The molecule has 0 aliphatic carbocycles. The third-order valence-corrected chi connectivity index (χ3v) is 1.82. The highest BCUT2D eigenvalue weighted by atomic mass is 32.1. The van der Waals surface area contributed by atoms with Gasteiger partial charge >= 0.3 is 5.97 Å². The highest BCUT2D eigenvalue weighted by Crippen LogP contribution is 2.16. The molecule has 1 rings (SSSR count). The Kier molecular flexibility index (Phi) is 2.17. The number of hydrogen-bond donors (Lipinski definition) is 2. The molecule has 2 N–H and O–H groups in total. The van der Waals surface area contributed by atoms with Crippen LogP contribution in [0.5, 0.6) is 0 Å². The molecule has 0 aliphatic heterocycles. The number of rotatable bonds is 3. The van der Waals surface area contributed by atoms with Crippen LogP contribution in [0.3, 0.4) is 0 Å². The molecule has 1 heterocycles. The van der Waals surface area contributed by atoms with Gasteiger partial charge < -0.3 is 10.4 Å². The summed E-state index contributed by atoms with van der Waals surface area (Å²) in [7, 11) is 0. The number of anilines is 1. The molecule has 0 atom stereocenters. The molecule has 5 nitrogen and oxygen atoms in total. The fourth-order valence-corrected chi connectivity index (χ4v) is 1.10. The Bertz CT molecular complexity index is 283. The Labute approximate surface area is 65.7 Å². The summed E-state index contributed by atoms with van der Waals surface area (Å²) in [6.45, 7) is 0. The summed E-state index contributed by atoms with van der Waals surface area (Å²) in [5, 5.41) is 11.0. The van der Waals surface area contributed by atoms with E-state index in [1.54, 1.807) is 0 Å². The van der Waals surface area contributed by atoms with Crippen LogP contribution in [0.25, 0.3) is 0 Å². The number of aromatic nitrogens is 1. The molecule has 0 aliphatic rings. The number of hydrogen-bond acceptors (Lipinski definition) is 4. The van der Waals surface area contributed by atoms with Gasteiger partial charge in [-0.2, -0.15) is 0 Å². The molecule has 0 bridgehead atoms. The summed E-state index contributed by atoms with van der Waals surface area (Å²) < 4.78 is 0. The number of carbonyl (C=O) groups excluding carboxylic acids is 1. The third kappa shape index (κ3) is 1.74. The van der Waals surface area contributed by atoms with Gasteiger partial charge in [0, 0.05) is 0 Å². The Hall–Kier alpha value is -1.43. The number of carboxylic acid groups (broad SMARTS) is 1. The molecular formula is C5H4N2O3S. The Morgan fingerprint density at radius 3 is 3.00 bits per heavy atom. The summed E-state index contributed by atoms with van der Waals surface area (Å²) in [4.78, 5) is 23.9. The lowest BCUT2D eigenvalue weighted by Crippen LogP contribution is -1.91. The Balaban J connectivity index is 2.81. The van der Waals surface area contributed by atoms with Crippen LogP contribution >= 0.6 is 11.3 Å². The first-order chi connectivity index (χ1) is 5.24. The van der Waals surface area contributed by atoms with Gasteiger partial charge in [-0.1, -0.05) is 11.3 Å². The standard InChI is InChI=1S/C5H4N2O3S/c8-2-7-5-6-1-3(11-5)4(9)10/h1-2H,(H,9,10)(H,6,7,8). The number of amides is 1. The SMILES string of the molecule is O=CNc1ncc(C(=O)O)s1. The third-order valence-electron chi connectivity index (χ3n) is 0.899. The summed E-state index contributed by atoms with van der Waals surface area (Å²) in [5.41, 5.74) is 0. The minimum Gasteiger partial charge on any atom is -0.477 e. The van der Waals surface area contributed by atoms with Gasteiger partial charge in [-0.25, -0.2) is 9.78 Å². The van der Waals surface area contributed by atoms with Crippen LogP contribution < -0.4 is 5.32 Å². The van der Waals surface area contributed by atoms with E-state index in [1.165, 1.54) is 6.20 Å². The molecule has 0 saturated heterocycles. The second-order valence-electron chi connectivity index (χ2n) is 1.60. The number of nitrogens with zero attached hydrogens (tertiary/aromatic N) is 1. The van der Waals surface area contributed by atoms with Crippen molar-refractivity contribution < 1.29 is 14.7 Å². The fourth-order valence-electron chi connectivity index (χ4n) is 0.490. The van der Waals surface area contributed by atoms with Gasteiger partial charge in [0.2, 0.25) is 6.41 Å². The van der Waals surface area contributed by atoms with Crippen molar-refractivity contribution in [2.75, 3.05) is 5.32 Å². The van der Waals surface area contributed by atoms with Crippen molar-refractivity contribution in [3.05, 3.63) is 11.1 Å². The maximum Gasteiger partial charge on any atom is 0.347 e. The van der Waals surface area contributed by atoms with Crippen molar-refractivity contribution in [2.24, 2.45) is 0 Å². The zero-order chi connectivity index (χ0) is 8.27. The van der Waals surface area contributed by atoms with Crippen molar-refractivity contribution in [3.8, 4) is 0 Å². The molecule has 6 heteroatoms. The number of carbonyl (C=O) groups is 2. The van der Waals surface area contributed by atoms with Crippen molar-refractivity contribution in [1.29, 1.82) is 0 Å². The van der Waals surface area contributed by atoms with Crippen molar-refractivity contribution in [2.45, 2.75) is 0 Å². The van der Waals surface area contributed by atoms with Crippen LogP contribution in [0.15, 0.2) is 6.20 Å². The minimum atomic E-state index is -1.04. The van der Waals surface area contributed by atoms with Crippen LogP contribution in [-0.2, 0) is 4.79 Å². The van der Waals surface area contributed by atoms with E-state index >= 15 is 0 Å². The lowest BCUT2D eigenvalue weighted by atomic mass is 10.6. The van der Waals surface area contributed by atoms with Crippen LogP contribution in [0.1, 0.15) is 9.67 Å². The average molecular weight is 172 g/mol. The van der Waals surface area contributed by atoms with E-state index in [2.05, 4.69) is 10.3 Å². The maximum absolute atomic E-state index is 10.3. The molecule has 0 saturated carbocycles. The highest BCUT2D eigenvalue weighted by Gasteiger charge is 2.06. The summed E-state index contributed by atoms with van der Waals surface area (Å²) in [6, 6.07) is 0. The van der Waals surface area contributed by atoms with E-state index in [0.717, 1.165) is 11.3 Å². The van der Waals surface area contributed by atoms with Crippen molar-refractivity contribution in [3.63, 3.8) is 0 Å². The van der Waals surface area contributed by atoms with Crippen molar-refractivity contribution >= 4 is 28.8 Å². The largest absolute Gasteiger partial charge is 0.477 e. The topological polar surface area (TPSA) is 79.3 Å². The van der Waals surface area contributed by atoms with Gasteiger partial charge in [-0.05, 0) is 0 Å². The first-order valence-electron chi connectivity index (χ1n) is 2.63. The fraction of sp³-hybridized carbons (Fsp3) is 0. The van der Waals surface area contributed by atoms with E-state index in [-0.39, 0.29) is 10.0 Å². The predicted molar refractivity (Wildman–Crippen MR) is 38.8 cm³/mol. The molecule has 0 spiro atoms. The molecule has 11 heavy (non-hydrogen) atoms. The predicted octanol–water partition coefficient (Wildman–Crippen LogP) is 0.410. The summed E-state index contributed by atoms with van der Waals surface area (Å²) in [6.07, 6.45) is 1.64. The van der Waals surface area contributed by atoms with Crippen LogP contribution in [0.2, 0.25) is 0 Å². The number of carboxylic acids is 1. The monoisotopic (exact) mass is 172 g/mol. The smallest absolute Gasteiger partial charge is 0.347 e. The molecule has 1 amide bonds. The quantitative estimate of drug-likeness (QED) is 0.647. The van der Waals surface area contributed by atoms with Gasteiger partial charge in [-0.15, -0.1) is 0 Å². The van der Waals surface area contributed by atoms with Crippen LogP contribution in [0, 0.1) is 0 Å². The molecule has 0 radical (unpaired) electrons. The molecule has 1 aromatic rings. The molecule has 58 valence electrons. The van der Waals surface area contributed by atoms with E-state index in [0.29, 0.717) is 6.41 Å². The zero-order valence-electron chi connectivity index (χ0n) is 5.27. The number of nitrogens with one attached hydrogen (secondary N) is 1. The van der Waals surface area contributed by atoms with Gasteiger partial charge in [0.05, 0.1) is 6.20 Å². The van der Waals surface area contributed by atoms with Gasteiger partial charge in [0.25, 0.3) is 0 Å². The minimum absolute atomic E-state index is 0.106. The van der Waals surface area contributed by atoms with E-state index < -0.39 is 5.97 Å².